The highest BCUT2D eigenvalue weighted by Crippen LogP contribution is 2.36. The normalized spacial score (nSPS) is 18.4. The summed E-state index contributed by atoms with van der Waals surface area (Å²) in [5.74, 6) is -0.350. The number of carbonyl (C=O) groups is 1. The SMILES string of the molecule is COc1ccc(S(=O)(=O)Nc2cccc3c2O[C@@H](CN(C)S(=O)(=O)c2c(C)noc2C)[C@@H](C)CN([C@H](C)CO)C3=O)cc1. The van der Waals surface area contributed by atoms with Crippen LogP contribution in [-0.2, 0) is 20.0 Å². The van der Waals surface area contributed by atoms with Crippen LogP contribution >= 0.6 is 0 Å². The van der Waals surface area contributed by atoms with Crippen molar-refractivity contribution in [3.05, 3.63) is 59.5 Å². The molecule has 0 spiro atoms. The fraction of sp³-hybridized carbons (Fsp3) is 0.429. The van der Waals surface area contributed by atoms with E-state index >= 15 is 0 Å². The Morgan fingerprint density at radius 3 is 2.42 bits per heavy atom. The van der Waals surface area contributed by atoms with Crippen LogP contribution in [0.1, 0.15) is 35.7 Å². The molecule has 1 amide bonds. The van der Waals surface area contributed by atoms with Gasteiger partial charge in [0.05, 0.1) is 42.4 Å². The molecule has 1 aliphatic heterocycles. The van der Waals surface area contributed by atoms with Gasteiger partial charge in [-0.1, -0.05) is 18.1 Å². The molecule has 15 heteroatoms. The van der Waals surface area contributed by atoms with Crippen LogP contribution in [0.2, 0.25) is 0 Å². The lowest BCUT2D eigenvalue weighted by atomic mass is 9.99. The van der Waals surface area contributed by atoms with Crippen LogP contribution in [0.3, 0.4) is 0 Å². The number of nitrogens with zero attached hydrogens (tertiary/aromatic N) is 3. The van der Waals surface area contributed by atoms with Crippen molar-refractivity contribution >= 4 is 31.6 Å². The second-order valence-corrected chi connectivity index (χ2v) is 14.2. The van der Waals surface area contributed by atoms with Crippen LogP contribution in [0.15, 0.2) is 56.8 Å². The average Bonchev–Trinajstić information content (AvgIpc) is 3.32. The summed E-state index contributed by atoms with van der Waals surface area (Å²) in [7, 11) is -5.32. The van der Waals surface area contributed by atoms with E-state index in [0.717, 1.165) is 4.31 Å². The molecule has 0 saturated carbocycles. The number of aromatic nitrogens is 1. The minimum atomic E-state index is -4.14. The topological polar surface area (TPSA) is 169 Å². The van der Waals surface area contributed by atoms with Crippen molar-refractivity contribution in [1.82, 2.24) is 14.4 Å². The van der Waals surface area contributed by atoms with E-state index in [9.17, 15) is 26.7 Å². The Labute approximate surface area is 251 Å². The predicted molar refractivity (Wildman–Crippen MR) is 157 cm³/mol. The quantitative estimate of drug-likeness (QED) is 0.337. The van der Waals surface area contributed by atoms with E-state index in [4.69, 9.17) is 14.0 Å². The third kappa shape index (κ3) is 6.49. The minimum Gasteiger partial charge on any atom is -0.497 e. The van der Waals surface area contributed by atoms with E-state index in [1.165, 1.54) is 75.4 Å². The van der Waals surface area contributed by atoms with E-state index < -0.39 is 44.0 Å². The molecule has 0 radical (unpaired) electrons. The van der Waals surface area contributed by atoms with E-state index in [1.54, 1.807) is 13.8 Å². The molecule has 43 heavy (non-hydrogen) atoms. The van der Waals surface area contributed by atoms with Crippen LogP contribution in [-0.4, -0.2) is 88.2 Å². The molecule has 0 aliphatic carbocycles. The molecule has 0 fully saturated rings. The van der Waals surface area contributed by atoms with Gasteiger partial charge >= 0.3 is 0 Å². The molecule has 3 atom stereocenters. The molecule has 234 valence electrons. The first-order valence-corrected chi connectivity index (χ1v) is 16.4. The number of fused-ring (bicyclic) bond motifs is 1. The first-order chi connectivity index (χ1) is 20.2. The van der Waals surface area contributed by atoms with Crippen LogP contribution in [0.25, 0.3) is 0 Å². The number of nitrogens with one attached hydrogen (secondary N) is 1. The summed E-state index contributed by atoms with van der Waals surface area (Å²) in [6, 6.07) is 9.66. The number of para-hydroxylation sites is 1. The number of amides is 1. The summed E-state index contributed by atoms with van der Waals surface area (Å²) in [4.78, 5) is 15.1. The molecule has 1 aliphatic rings. The van der Waals surface area contributed by atoms with E-state index in [1.807, 2.05) is 0 Å². The molecule has 3 aromatic rings. The third-order valence-electron chi connectivity index (χ3n) is 7.38. The van der Waals surface area contributed by atoms with E-state index in [2.05, 4.69) is 9.88 Å². The van der Waals surface area contributed by atoms with Gasteiger partial charge in [-0.3, -0.25) is 9.52 Å². The number of anilines is 1. The molecule has 4 rings (SSSR count). The lowest BCUT2D eigenvalue weighted by Gasteiger charge is -2.38. The largest absolute Gasteiger partial charge is 0.497 e. The zero-order chi connectivity index (χ0) is 31.7. The Morgan fingerprint density at radius 2 is 1.84 bits per heavy atom. The fourth-order valence-electron chi connectivity index (χ4n) is 4.85. The third-order valence-corrected chi connectivity index (χ3v) is 10.8. The maximum atomic E-state index is 13.7. The molecule has 0 saturated heterocycles. The highest BCUT2D eigenvalue weighted by atomic mass is 32.2. The predicted octanol–water partition coefficient (Wildman–Crippen LogP) is 2.64. The number of rotatable bonds is 10. The lowest BCUT2D eigenvalue weighted by molar-refractivity contribution is 0.0389. The van der Waals surface area contributed by atoms with Crippen molar-refractivity contribution in [2.75, 3.05) is 38.6 Å². The summed E-state index contributed by atoms with van der Waals surface area (Å²) in [6.45, 7) is 6.19. The first-order valence-electron chi connectivity index (χ1n) is 13.5. The zero-order valence-electron chi connectivity index (χ0n) is 24.8. The minimum absolute atomic E-state index is 0.00592. The summed E-state index contributed by atoms with van der Waals surface area (Å²) < 4.78 is 73.9. The Hall–Kier alpha value is -3.66. The van der Waals surface area contributed by atoms with Gasteiger partial charge in [0.25, 0.3) is 15.9 Å². The van der Waals surface area contributed by atoms with E-state index in [-0.39, 0.29) is 57.9 Å². The number of sulfonamides is 2. The molecule has 0 unspecified atom stereocenters. The first kappa shape index (κ1) is 32.3. The van der Waals surface area contributed by atoms with E-state index in [0.29, 0.717) is 5.75 Å². The number of benzene rings is 2. The number of aliphatic hydroxyl groups excluding tert-OH is 1. The number of methoxy groups -OCH3 is 1. The zero-order valence-corrected chi connectivity index (χ0v) is 26.4. The van der Waals surface area contributed by atoms with Gasteiger partial charge in [0.1, 0.15) is 22.4 Å². The monoisotopic (exact) mass is 636 g/mol. The van der Waals surface area contributed by atoms with Gasteiger partial charge in [0.2, 0.25) is 10.0 Å². The molecule has 0 bridgehead atoms. The van der Waals surface area contributed by atoms with Gasteiger partial charge in [0.15, 0.2) is 11.5 Å². The molecular formula is C28H36N4O9S2. The second-order valence-electron chi connectivity index (χ2n) is 10.5. The molecule has 1 aromatic heterocycles. The van der Waals surface area contributed by atoms with Crippen molar-refractivity contribution < 1.29 is 40.7 Å². The second kappa shape index (κ2) is 12.5. The maximum absolute atomic E-state index is 13.7. The summed E-state index contributed by atoms with van der Waals surface area (Å²) >= 11 is 0. The smallest absolute Gasteiger partial charge is 0.262 e. The molecule has 2 heterocycles. The van der Waals surface area contributed by atoms with Gasteiger partial charge in [-0.2, -0.15) is 4.31 Å². The van der Waals surface area contributed by atoms with Crippen LogP contribution in [0.4, 0.5) is 5.69 Å². The lowest BCUT2D eigenvalue weighted by Crippen LogP contribution is -2.50. The van der Waals surface area contributed by atoms with Gasteiger partial charge in [-0.05, 0) is 57.2 Å². The average molecular weight is 637 g/mol. The number of likely N-dealkylation sites (N-methyl/N-ethyl adjacent to an activating group) is 1. The number of hydrogen-bond acceptors (Lipinski definition) is 10. The van der Waals surface area contributed by atoms with Gasteiger partial charge in [-0.25, -0.2) is 16.8 Å². The van der Waals surface area contributed by atoms with Crippen molar-refractivity contribution in [3.8, 4) is 11.5 Å². The van der Waals surface area contributed by atoms with Crippen LogP contribution in [0.5, 0.6) is 11.5 Å². The maximum Gasteiger partial charge on any atom is 0.262 e. The van der Waals surface area contributed by atoms with Crippen molar-refractivity contribution in [3.63, 3.8) is 0 Å². The molecule has 13 nitrogen and oxygen atoms in total. The van der Waals surface area contributed by atoms with Gasteiger partial charge in [-0.15, -0.1) is 0 Å². The number of aryl methyl sites for hydroxylation is 2. The standard InChI is InChI=1S/C28H36N4O9S2/c1-17-14-32(18(2)16-33)28(34)23-8-7-9-24(30-42(35,36)22-12-10-21(39-6)11-13-22)26(23)40-25(17)15-31(5)43(37,38)27-19(3)29-41-20(27)4/h7-13,17-18,25,30,33H,14-16H2,1-6H3/t17-,18+,25-/m0/s1. The Bertz CT molecular complexity index is 1670. The van der Waals surface area contributed by atoms with Gasteiger partial charge in [0, 0.05) is 19.5 Å². The molecular weight excluding hydrogens is 600 g/mol. The van der Waals surface area contributed by atoms with Crippen molar-refractivity contribution in [1.29, 1.82) is 0 Å². The Morgan fingerprint density at radius 1 is 1.16 bits per heavy atom. The van der Waals surface area contributed by atoms with Crippen LogP contribution < -0.4 is 14.2 Å². The van der Waals surface area contributed by atoms with Crippen LogP contribution in [0, 0.1) is 19.8 Å². The highest BCUT2D eigenvalue weighted by Gasteiger charge is 2.37. The highest BCUT2D eigenvalue weighted by molar-refractivity contribution is 7.92. The summed E-state index contributed by atoms with van der Waals surface area (Å²) in [5, 5.41) is 13.7. The molecule has 2 aromatic carbocycles. The Balaban J connectivity index is 1.77. The summed E-state index contributed by atoms with van der Waals surface area (Å²) in [5.41, 5.74) is 0.266. The van der Waals surface area contributed by atoms with Crippen molar-refractivity contribution in [2.45, 2.75) is 49.6 Å². The van der Waals surface area contributed by atoms with Gasteiger partial charge < -0.3 is 24.0 Å². The summed E-state index contributed by atoms with van der Waals surface area (Å²) in [6.07, 6.45) is -0.841. The van der Waals surface area contributed by atoms with Crippen molar-refractivity contribution in [2.24, 2.45) is 5.92 Å². The number of aliphatic hydroxyl groups is 1. The Kier molecular flexibility index (Phi) is 9.39. The number of ether oxygens (including phenoxy) is 2. The fourth-order valence-corrected chi connectivity index (χ4v) is 7.38. The number of carbonyl (C=O) groups excluding carboxylic acids is 1. The number of hydrogen-bond donors (Lipinski definition) is 2. The molecule has 2 N–H and O–H groups in total.